The van der Waals surface area contributed by atoms with E-state index in [2.05, 4.69) is 0 Å². The minimum atomic E-state index is 0.821. The molecule has 0 aliphatic carbocycles. The molecule has 0 heterocycles. The lowest BCUT2D eigenvalue weighted by atomic mass is 9.92. The Morgan fingerprint density at radius 2 is 1.00 bits per heavy atom. The van der Waals surface area contributed by atoms with Crippen molar-refractivity contribution in [3.8, 4) is 0 Å². The number of nitrogens with two attached hydrogens (primary N) is 3. The van der Waals surface area contributed by atoms with Crippen molar-refractivity contribution in [2.24, 2.45) is 23.1 Å². The van der Waals surface area contributed by atoms with Crippen LogP contribution in [0, 0.1) is 5.92 Å². The lowest BCUT2D eigenvalue weighted by Crippen LogP contribution is -2.09. The van der Waals surface area contributed by atoms with Crippen LogP contribution in [0.25, 0.3) is 0 Å². The average molecular weight is 215 g/mol. The van der Waals surface area contributed by atoms with Gasteiger partial charge < -0.3 is 17.2 Å². The molecule has 0 aliphatic rings. The molecule has 0 rings (SSSR count). The fourth-order valence-corrected chi connectivity index (χ4v) is 2.00. The average Bonchev–Trinajstić information content (AvgIpc) is 2.27. The van der Waals surface area contributed by atoms with Gasteiger partial charge in [0.2, 0.25) is 0 Å². The Morgan fingerprint density at radius 1 is 0.533 bits per heavy atom. The van der Waals surface area contributed by atoms with E-state index in [9.17, 15) is 0 Å². The molecule has 6 N–H and O–H groups in total. The summed E-state index contributed by atoms with van der Waals surface area (Å²) in [6.45, 7) is 2.47. The number of hydrogen-bond donors (Lipinski definition) is 3. The van der Waals surface area contributed by atoms with E-state index in [1.807, 2.05) is 0 Å². The zero-order chi connectivity index (χ0) is 11.4. The molecule has 0 aromatic rings. The van der Waals surface area contributed by atoms with E-state index in [4.69, 9.17) is 17.2 Å². The van der Waals surface area contributed by atoms with Crippen LogP contribution in [0.3, 0.4) is 0 Å². The van der Waals surface area contributed by atoms with Crippen LogP contribution >= 0.6 is 0 Å². The van der Waals surface area contributed by atoms with Crippen LogP contribution < -0.4 is 17.2 Å². The first-order chi connectivity index (χ1) is 7.35. The summed E-state index contributed by atoms with van der Waals surface area (Å²) < 4.78 is 0. The highest BCUT2D eigenvalue weighted by atomic mass is 14.5. The van der Waals surface area contributed by atoms with Crippen molar-refractivity contribution in [1.29, 1.82) is 0 Å². The molecule has 92 valence electrons. The quantitative estimate of drug-likeness (QED) is 0.458. The maximum absolute atomic E-state index is 5.54. The second kappa shape index (κ2) is 12.0. The highest BCUT2D eigenvalue weighted by Crippen LogP contribution is 2.20. The Kier molecular flexibility index (Phi) is 11.9. The Labute approximate surface area is 94.8 Å². The Morgan fingerprint density at radius 3 is 1.47 bits per heavy atom. The zero-order valence-corrected chi connectivity index (χ0v) is 10.1. The Balaban J connectivity index is 3.49. The molecule has 0 aromatic carbocycles. The molecule has 0 fully saturated rings. The number of hydrogen-bond acceptors (Lipinski definition) is 3. The highest BCUT2D eigenvalue weighted by molar-refractivity contribution is 4.61. The van der Waals surface area contributed by atoms with Crippen molar-refractivity contribution in [2.75, 3.05) is 19.6 Å². The molecule has 0 aromatic heterocycles. The van der Waals surface area contributed by atoms with Crippen LogP contribution in [0.15, 0.2) is 0 Å². The zero-order valence-electron chi connectivity index (χ0n) is 10.1. The Hall–Kier alpha value is -0.120. The molecular formula is C12H29N3. The maximum atomic E-state index is 5.54. The summed E-state index contributed by atoms with van der Waals surface area (Å²) in [5.74, 6) is 0.842. The summed E-state index contributed by atoms with van der Waals surface area (Å²) in [7, 11) is 0. The molecule has 0 bridgehead atoms. The highest BCUT2D eigenvalue weighted by Gasteiger charge is 2.07. The first-order valence-electron chi connectivity index (χ1n) is 6.45. The lowest BCUT2D eigenvalue weighted by Gasteiger charge is -2.15. The first kappa shape index (κ1) is 14.9. The molecular weight excluding hydrogens is 186 g/mol. The molecule has 0 spiro atoms. The second-order valence-corrected chi connectivity index (χ2v) is 4.37. The third kappa shape index (κ3) is 10.2. The SMILES string of the molecule is NCCCCCC(CCCN)CCCN. The third-order valence-corrected chi connectivity index (χ3v) is 2.95. The molecule has 15 heavy (non-hydrogen) atoms. The van der Waals surface area contributed by atoms with Gasteiger partial charge >= 0.3 is 0 Å². The van der Waals surface area contributed by atoms with Crippen molar-refractivity contribution < 1.29 is 0 Å². The predicted octanol–water partition coefficient (Wildman–Crippen LogP) is 1.60. The lowest BCUT2D eigenvalue weighted by molar-refractivity contribution is 0.385. The molecule has 0 saturated heterocycles. The van der Waals surface area contributed by atoms with Crippen molar-refractivity contribution in [3.05, 3.63) is 0 Å². The summed E-state index contributed by atoms with van der Waals surface area (Å²) in [5.41, 5.74) is 16.6. The van der Waals surface area contributed by atoms with E-state index in [0.717, 1.165) is 38.4 Å². The second-order valence-electron chi connectivity index (χ2n) is 4.37. The van der Waals surface area contributed by atoms with Crippen molar-refractivity contribution in [1.82, 2.24) is 0 Å². The van der Waals surface area contributed by atoms with Gasteiger partial charge in [-0.1, -0.05) is 19.3 Å². The minimum absolute atomic E-state index is 0.821. The van der Waals surface area contributed by atoms with Gasteiger partial charge in [-0.05, 0) is 57.7 Å². The summed E-state index contributed by atoms with van der Waals surface area (Å²) in [6.07, 6.45) is 9.96. The van der Waals surface area contributed by atoms with Gasteiger partial charge in [0.15, 0.2) is 0 Å². The smallest absolute Gasteiger partial charge is 0.00772 e. The standard InChI is InChI=1S/C12H29N3/c13-9-3-1-2-6-12(7-4-10-14)8-5-11-15/h12H,1-11,13-15H2. The third-order valence-electron chi connectivity index (χ3n) is 2.95. The summed E-state index contributed by atoms with van der Waals surface area (Å²) >= 11 is 0. The van der Waals surface area contributed by atoms with E-state index in [1.54, 1.807) is 0 Å². The number of rotatable bonds is 11. The molecule has 0 radical (unpaired) electrons. The topological polar surface area (TPSA) is 78.1 Å². The van der Waals surface area contributed by atoms with Crippen LogP contribution in [0.2, 0.25) is 0 Å². The summed E-state index contributed by atoms with van der Waals surface area (Å²) in [4.78, 5) is 0. The van der Waals surface area contributed by atoms with E-state index >= 15 is 0 Å². The normalized spacial score (nSPS) is 11.2. The van der Waals surface area contributed by atoms with Crippen LogP contribution in [-0.4, -0.2) is 19.6 Å². The molecule has 0 amide bonds. The van der Waals surface area contributed by atoms with Crippen LogP contribution in [0.5, 0.6) is 0 Å². The molecule has 0 atom stereocenters. The maximum Gasteiger partial charge on any atom is -0.00772 e. The van der Waals surface area contributed by atoms with Crippen molar-refractivity contribution in [2.45, 2.75) is 51.4 Å². The summed E-state index contributed by atoms with van der Waals surface area (Å²) in [5, 5.41) is 0. The number of unbranched alkanes of at least 4 members (excludes halogenated alkanes) is 2. The molecule has 0 aliphatic heterocycles. The predicted molar refractivity (Wildman–Crippen MR) is 67.6 cm³/mol. The van der Waals surface area contributed by atoms with E-state index in [0.29, 0.717) is 0 Å². The molecule has 3 heteroatoms. The molecule has 0 saturated carbocycles. The van der Waals surface area contributed by atoms with Crippen LogP contribution in [0.4, 0.5) is 0 Å². The van der Waals surface area contributed by atoms with Crippen molar-refractivity contribution >= 4 is 0 Å². The van der Waals surface area contributed by atoms with Gasteiger partial charge in [-0.15, -0.1) is 0 Å². The van der Waals surface area contributed by atoms with Gasteiger partial charge in [0.25, 0.3) is 0 Å². The van der Waals surface area contributed by atoms with Gasteiger partial charge in [-0.2, -0.15) is 0 Å². The molecule has 3 nitrogen and oxygen atoms in total. The summed E-state index contributed by atoms with van der Waals surface area (Å²) in [6, 6.07) is 0. The van der Waals surface area contributed by atoms with Crippen molar-refractivity contribution in [3.63, 3.8) is 0 Å². The van der Waals surface area contributed by atoms with E-state index < -0.39 is 0 Å². The van der Waals surface area contributed by atoms with Gasteiger partial charge in [-0.25, -0.2) is 0 Å². The van der Waals surface area contributed by atoms with Crippen LogP contribution in [0.1, 0.15) is 51.4 Å². The van der Waals surface area contributed by atoms with E-state index in [1.165, 1.54) is 38.5 Å². The van der Waals surface area contributed by atoms with Gasteiger partial charge in [0.1, 0.15) is 0 Å². The fourth-order valence-electron chi connectivity index (χ4n) is 2.00. The molecule has 0 unspecified atom stereocenters. The van der Waals surface area contributed by atoms with Crippen LogP contribution in [-0.2, 0) is 0 Å². The van der Waals surface area contributed by atoms with E-state index in [-0.39, 0.29) is 0 Å². The fraction of sp³-hybridized carbons (Fsp3) is 1.00. The first-order valence-corrected chi connectivity index (χ1v) is 6.45. The minimum Gasteiger partial charge on any atom is -0.330 e. The monoisotopic (exact) mass is 215 g/mol. The van der Waals surface area contributed by atoms with Gasteiger partial charge in [-0.3, -0.25) is 0 Å². The largest absolute Gasteiger partial charge is 0.330 e. The van der Waals surface area contributed by atoms with Gasteiger partial charge in [0.05, 0.1) is 0 Å². The Bertz CT molecular complexity index is 109. The van der Waals surface area contributed by atoms with Gasteiger partial charge in [0, 0.05) is 0 Å².